The summed E-state index contributed by atoms with van der Waals surface area (Å²) in [5.41, 5.74) is -0.492. The molecule has 0 unspecified atom stereocenters. The van der Waals surface area contributed by atoms with E-state index in [9.17, 15) is 14.7 Å². The van der Waals surface area contributed by atoms with E-state index in [0.29, 0.717) is 6.61 Å². The molecule has 1 aliphatic rings. The van der Waals surface area contributed by atoms with Crippen LogP contribution in [0.5, 0.6) is 5.75 Å². The highest BCUT2D eigenvalue weighted by Crippen LogP contribution is 2.31. The maximum absolute atomic E-state index is 12.1. The normalized spacial score (nSPS) is 15.9. The molecule has 1 aliphatic heterocycles. The molecule has 1 amide bonds. The summed E-state index contributed by atoms with van der Waals surface area (Å²) in [6, 6.07) is 7.32. The SMILES string of the molecule is CCOc1ccc(NC2(CC(=O)O)CN(C(=O)OC(C)(C)C)C2)cc1. The van der Waals surface area contributed by atoms with Gasteiger partial charge in [0.1, 0.15) is 11.4 Å². The van der Waals surface area contributed by atoms with Crippen molar-refractivity contribution >= 4 is 17.7 Å². The molecule has 2 rings (SSSR count). The fraction of sp³-hybridized carbons (Fsp3) is 0.556. The Morgan fingerprint density at radius 3 is 2.32 bits per heavy atom. The molecule has 1 saturated heterocycles. The van der Waals surface area contributed by atoms with Crippen molar-refractivity contribution in [1.29, 1.82) is 0 Å². The molecule has 0 aromatic heterocycles. The van der Waals surface area contributed by atoms with Crippen LogP contribution in [0.1, 0.15) is 34.1 Å². The zero-order chi connectivity index (χ0) is 18.7. The van der Waals surface area contributed by atoms with Crippen LogP contribution in [0.2, 0.25) is 0 Å². The van der Waals surface area contributed by atoms with E-state index in [-0.39, 0.29) is 19.5 Å². The Balaban J connectivity index is 2.03. The third-order valence-electron chi connectivity index (χ3n) is 3.70. The van der Waals surface area contributed by atoms with Crippen LogP contribution in [0.3, 0.4) is 0 Å². The van der Waals surface area contributed by atoms with Gasteiger partial charge in [0.05, 0.1) is 18.6 Å². The number of carbonyl (C=O) groups excluding carboxylic acids is 1. The number of ether oxygens (including phenoxy) is 2. The molecule has 7 heteroatoms. The van der Waals surface area contributed by atoms with E-state index in [1.165, 1.54) is 4.90 Å². The number of carboxylic acids is 1. The van der Waals surface area contributed by atoms with Gasteiger partial charge in [-0.25, -0.2) is 4.79 Å². The number of likely N-dealkylation sites (tertiary alicyclic amines) is 1. The molecule has 7 nitrogen and oxygen atoms in total. The lowest BCUT2D eigenvalue weighted by Crippen LogP contribution is -2.68. The van der Waals surface area contributed by atoms with Crippen LogP contribution in [-0.2, 0) is 9.53 Å². The lowest BCUT2D eigenvalue weighted by atomic mass is 9.86. The molecule has 0 radical (unpaired) electrons. The summed E-state index contributed by atoms with van der Waals surface area (Å²) in [4.78, 5) is 24.9. The third kappa shape index (κ3) is 5.27. The summed E-state index contributed by atoms with van der Waals surface area (Å²) < 4.78 is 10.7. The second-order valence-electron chi connectivity index (χ2n) is 7.27. The van der Waals surface area contributed by atoms with E-state index in [0.717, 1.165) is 11.4 Å². The smallest absolute Gasteiger partial charge is 0.410 e. The molecular weight excluding hydrogens is 324 g/mol. The first kappa shape index (κ1) is 18.9. The molecule has 0 saturated carbocycles. The Bertz CT molecular complexity index is 615. The van der Waals surface area contributed by atoms with E-state index >= 15 is 0 Å². The second kappa shape index (κ2) is 7.21. The van der Waals surface area contributed by atoms with E-state index in [2.05, 4.69) is 5.32 Å². The van der Waals surface area contributed by atoms with Gasteiger partial charge >= 0.3 is 12.1 Å². The summed E-state index contributed by atoms with van der Waals surface area (Å²) in [5, 5.41) is 12.5. The van der Waals surface area contributed by atoms with E-state index in [4.69, 9.17) is 9.47 Å². The summed E-state index contributed by atoms with van der Waals surface area (Å²) in [5.74, 6) is -0.161. The van der Waals surface area contributed by atoms with E-state index < -0.39 is 23.2 Å². The molecule has 0 atom stereocenters. The van der Waals surface area contributed by atoms with Gasteiger partial charge in [0.25, 0.3) is 0 Å². The van der Waals surface area contributed by atoms with Gasteiger partial charge < -0.3 is 24.8 Å². The zero-order valence-electron chi connectivity index (χ0n) is 15.2. The number of anilines is 1. The first-order chi connectivity index (χ1) is 11.6. The van der Waals surface area contributed by atoms with Gasteiger partial charge in [-0.2, -0.15) is 0 Å². The predicted octanol–water partition coefficient (Wildman–Crippen LogP) is 2.96. The van der Waals surface area contributed by atoms with Crippen molar-refractivity contribution in [2.45, 2.75) is 45.3 Å². The number of nitrogens with zero attached hydrogens (tertiary/aromatic N) is 1. The monoisotopic (exact) mass is 350 g/mol. The highest BCUT2D eigenvalue weighted by Gasteiger charge is 2.48. The number of aliphatic carboxylic acids is 1. The van der Waals surface area contributed by atoms with E-state index in [1.807, 2.05) is 31.2 Å². The van der Waals surface area contributed by atoms with Gasteiger partial charge in [0.15, 0.2) is 0 Å². The van der Waals surface area contributed by atoms with Gasteiger partial charge in [-0.15, -0.1) is 0 Å². The van der Waals surface area contributed by atoms with Crippen molar-refractivity contribution in [2.24, 2.45) is 0 Å². The van der Waals surface area contributed by atoms with Crippen LogP contribution in [0.15, 0.2) is 24.3 Å². The Hall–Kier alpha value is -2.44. The van der Waals surface area contributed by atoms with Gasteiger partial charge in [0.2, 0.25) is 0 Å². The largest absolute Gasteiger partial charge is 0.494 e. The minimum Gasteiger partial charge on any atom is -0.494 e. The number of amides is 1. The van der Waals surface area contributed by atoms with Crippen LogP contribution >= 0.6 is 0 Å². The van der Waals surface area contributed by atoms with Crippen molar-refractivity contribution in [1.82, 2.24) is 4.90 Å². The Morgan fingerprint density at radius 1 is 1.24 bits per heavy atom. The number of benzene rings is 1. The Morgan fingerprint density at radius 2 is 1.84 bits per heavy atom. The molecule has 0 spiro atoms. The maximum Gasteiger partial charge on any atom is 0.410 e. The number of carbonyl (C=O) groups is 2. The van der Waals surface area contributed by atoms with Crippen molar-refractivity contribution in [2.75, 3.05) is 25.0 Å². The van der Waals surface area contributed by atoms with Gasteiger partial charge in [-0.1, -0.05) is 0 Å². The average molecular weight is 350 g/mol. The molecule has 1 aromatic rings. The zero-order valence-corrected chi connectivity index (χ0v) is 15.2. The highest BCUT2D eigenvalue weighted by molar-refractivity contribution is 5.74. The van der Waals surface area contributed by atoms with Crippen molar-refractivity contribution in [3.63, 3.8) is 0 Å². The van der Waals surface area contributed by atoms with Crippen LogP contribution in [0.25, 0.3) is 0 Å². The van der Waals surface area contributed by atoms with Crippen LogP contribution < -0.4 is 10.1 Å². The molecule has 1 fully saturated rings. The first-order valence-electron chi connectivity index (χ1n) is 8.33. The van der Waals surface area contributed by atoms with Crippen molar-refractivity contribution < 1.29 is 24.2 Å². The molecule has 1 heterocycles. The molecule has 0 bridgehead atoms. The van der Waals surface area contributed by atoms with Crippen LogP contribution in [0.4, 0.5) is 10.5 Å². The van der Waals surface area contributed by atoms with Gasteiger partial charge in [0, 0.05) is 18.8 Å². The molecule has 0 aliphatic carbocycles. The molecule has 1 aromatic carbocycles. The fourth-order valence-corrected chi connectivity index (χ4v) is 2.77. The minimum atomic E-state index is -0.915. The topological polar surface area (TPSA) is 88.1 Å². The summed E-state index contributed by atoms with van der Waals surface area (Å²) in [7, 11) is 0. The van der Waals surface area contributed by atoms with Crippen LogP contribution in [-0.4, -0.2) is 52.9 Å². The molecule has 2 N–H and O–H groups in total. The second-order valence-corrected chi connectivity index (χ2v) is 7.27. The number of carboxylic acid groups (broad SMARTS) is 1. The predicted molar refractivity (Wildman–Crippen MR) is 94.0 cm³/mol. The Labute approximate surface area is 147 Å². The molecular formula is C18H26N2O5. The van der Waals surface area contributed by atoms with Gasteiger partial charge in [-0.3, -0.25) is 4.79 Å². The van der Waals surface area contributed by atoms with Gasteiger partial charge in [-0.05, 0) is 52.0 Å². The number of nitrogens with one attached hydrogen (secondary N) is 1. The number of rotatable bonds is 6. The maximum atomic E-state index is 12.1. The summed E-state index contributed by atoms with van der Waals surface area (Å²) in [6.45, 7) is 8.45. The lowest BCUT2D eigenvalue weighted by Gasteiger charge is -2.50. The quantitative estimate of drug-likeness (QED) is 0.820. The Kier molecular flexibility index (Phi) is 5.45. The van der Waals surface area contributed by atoms with Crippen molar-refractivity contribution in [3.8, 4) is 5.75 Å². The number of hydrogen-bond donors (Lipinski definition) is 2. The fourth-order valence-electron chi connectivity index (χ4n) is 2.77. The first-order valence-corrected chi connectivity index (χ1v) is 8.33. The standard InChI is InChI=1S/C18H26N2O5/c1-5-24-14-8-6-13(7-9-14)19-18(10-15(21)22)11-20(12-18)16(23)25-17(2,3)4/h6-9,19H,5,10-12H2,1-4H3,(H,21,22). The summed E-state index contributed by atoms with van der Waals surface area (Å²) >= 11 is 0. The lowest BCUT2D eigenvalue weighted by molar-refractivity contribution is -0.139. The minimum absolute atomic E-state index is 0.0838. The average Bonchev–Trinajstić information content (AvgIpc) is 2.44. The number of hydrogen-bond acceptors (Lipinski definition) is 5. The third-order valence-corrected chi connectivity index (χ3v) is 3.70. The van der Waals surface area contributed by atoms with Crippen LogP contribution in [0, 0.1) is 0 Å². The molecule has 138 valence electrons. The van der Waals surface area contributed by atoms with E-state index in [1.54, 1.807) is 20.8 Å². The summed E-state index contributed by atoms with van der Waals surface area (Å²) in [6.07, 6.45) is -0.513. The van der Waals surface area contributed by atoms with Crippen molar-refractivity contribution in [3.05, 3.63) is 24.3 Å². The highest BCUT2D eigenvalue weighted by atomic mass is 16.6. The molecule has 25 heavy (non-hydrogen) atoms.